The van der Waals surface area contributed by atoms with Gasteiger partial charge >= 0.3 is 0 Å². The Bertz CT molecular complexity index is 447. The number of rotatable bonds is 3. The lowest BCUT2D eigenvalue weighted by Gasteiger charge is -2.05. The summed E-state index contributed by atoms with van der Waals surface area (Å²) in [6.45, 7) is 3.29. The van der Waals surface area contributed by atoms with Crippen LogP contribution in [0.3, 0.4) is 0 Å². The van der Waals surface area contributed by atoms with Crippen molar-refractivity contribution in [2.24, 2.45) is 5.73 Å². The number of aromatic nitrogens is 3. The SMILES string of the molecule is Cc1nccn1Cc1ccnc(CN)c1. The molecule has 4 nitrogen and oxygen atoms in total. The molecule has 78 valence electrons. The van der Waals surface area contributed by atoms with Gasteiger partial charge in [0.05, 0.1) is 5.69 Å². The summed E-state index contributed by atoms with van der Waals surface area (Å²) in [7, 11) is 0. The summed E-state index contributed by atoms with van der Waals surface area (Å²) in [5.74, 6) is 1.01. The molecule has 0 radical (unpaired) electrons. The van der Waals surface area contributed by atoms with Crippen LogP contribution in [0.25, 0.3) is 0 Å². The van der Waals surface area contributed by atoms with Gasteiger partial charge in [0.25, 0.3) is 0 Å². The van der Waals surface area contributed by atoms with Crippen LogP contribution in [0.5, 0.6) is 0 Å². The maximum absolute atomic E-state index is 5.54. The van der Waals surface area contributed by atoms with E-state index in [1.165, 1.54) is 5.56 Å². The molecule has 2 heterocycles. The zero-order valence-electron chi connectivity index (χ0n) is 8.72. The van der Waals surface area contributed by atoms with Crippen molar-refractivity contribution >= 4 is 0 Å². The average molecular weight is 202 g/mol. The van der Waals surface area contributed by atoms with E-state index >= 15 is 0 Å². The molecule has 0 fully saturated rings. The molecule has 0 aliphatic heterocycles. The van der Waals surface area contributed by atoms with Gasteiger partial charge in [-0.25, -0.2) is 4.98 Å². The molecule has 4 heteroatoms. The molecule has 15 heavy (non-hydrogen) atoms. The van der Waals surface area contributed by atoms with Gasteiger partial charge in [-0.15, -0.1) is 0 Å². The first-order valence-electron chi connectivity index (χ1n) is 4.91. The number of aryl methyl sites for hydroxylation is 1. The molecule has 2 aromatic rings. The first kappa shape index (κ1) is 9.86. The molecule has 0 spiro atoms. The van der Waals surface area contributed by atoms with Crippen molar-refractivity contribution in [1.29, 1.82) is 0 Å². The highest BCUT2D eigenvalue weighted by atomic mass is 15.0. The standard InChI is InChI=1S/C11H14N4/c1-9-13-4-5-15(9)8-10-2-3-14-11(6-10)7-12/h2-6H,7-8,12H2,1H3. The lowest BCUT2D eigenvalue weighted by molar-refractivity contribution is 0.758. The van der Waals surface area contributed by atoms with E-state index in [9.17, 15) is 0 Å². The Balaban J connectivity index is 2.21. The number of nitrogens with two attached hydrogens (primary N) is 1. The summed E-state index contributed by atoms with van der Waals surface area (Å²) in [4.78, 5) is 8.34. The molecule has 0 unspecified atom stereocenters. The molecule has 0 aliphatic carbocycles. The van der Waals surface area contributed by atoms with Gasteiger partial charge in [0.2, 0.25) is 0 Å². The smallest absolute Gasteiger partial charge is 0.105 e. The molecule has 0 atom stereocenters. The van der Waals surface area contributed by atoms with Crippen LogP contribution >= 0.6 is 0 Å². The van der Waals surface area contributed by atoms with Gasteiger partial charge in [0, 0.05) is 31.7 Å². The van der Waals surface area contributed by atoms with Crippen LogP contribution in [-0.2, 0) is 13.1 Å². The van der Waals surface area contributed by atoms with Crippen molar-refractivity contribution in [1.82, 2.24) is 14.5 Å². The van der Waals surface area contributed by atoms with Crippen LogP contribution in [0, 0.1) is 6.92 Å². The first-order chi connectivity index (χ1) is 7.29. The van der Waals surface area contributed by atoms with Gasteiger partial charge in [-0.1, -0.05) is 0 Å². The Kier molecular flexibility index (Phi) is 2.78. The van der Waals surface area contributed by atoms with Crippen molar-refractivity contribution in [2.45, 2.75) is 20.0 Å². The maximum Gasteiger partial charge on any atom is 0.105 e. The highest BCUT2D eigenvalue weighted by Gasteiger charge is 1.99. The molecule has 0 saturated heterocycles. The van der Waals surface area contributed by atoms with Crippen LogP contribution in [0.2, 0.25) is 0 Å². The number of imidazole rings is 1. The number of pyridine rings is 1. The summed E-state index contributed by atoms with van der Waals surface area (Å²) in [5.41, 5.74) is 7.66. The van der Waals surface area contributed by atoms with E-state index < -0.39 is 0 Å². The van der Waals surface area contributed by atoms with E-state index in [2.05, 4.69) is 14.5 Å². The largest absolute Gasteiger partial charge is 0.331 e. The van der Waals surface area contributed by atoms with E-state index in [1.807, 2.05) is 25.3 Å². The van der Waals surface area contributed by atoms with Crippen molar-refractivity contribution in [3.63, 3.8) is 0 Å². The Labute approximate surface area is 88.8 Å². The maximum atomic E-state index is 5.54. The van der Waals surface area contributed by atoms with Gasteiger partial charge in [0.15, 0.2) is 0 Å². The molecule has 2 rings (SSSR count). The highest BCUT2D eigenvalue weighted by Crippen LogP contribution is 2.05. The molecule has 0 saturated carbocycles. The zero-order valence-corrected chi connectivity index (χ0v) is 8.72. The Hall–Kier alpha value is -1.68. The average Bonchev–Trinajstić information content (AvgIpc) is 2.65. The molecular formula is C11H14N4. The van der Waals surface area contributed by atoms with Crippen LogP contribution in [-0.4, -0.2) is 14.5 Å². The van der Waals surface area contributed by atoms with Crippen LogP contribution < -0.4 is 5.73 Å². The fourth-order valence-corrected chi connectivity index (χ4v) is 1.51. The van der Waals surface area contributed by atoms with Crippen LogP contribution in [0.1, 0.15) is 17.1 Å². The Morgan fingerprint density at radius 3 is 2.87 bits per heavy atom. The van der Waals surface area contributed by atoms with Crippen LogP contribution in [0.15, 0.2) is 30.7 Å². The molecule has 2 aromatic heterocycles. The second-order valence-electron chi connectivity index (χ2n) is 3.46. The fraction of sp³-hybridized carbons (Fsp3) is 0.273. The molecule has 0 aliphatic rings. The van der Waals surface area contributed by atoms with Crippen molar-refractivity contribution < 1.29 is 0 Å². The molecule has 0 aromatic carbocycles. The second-order valence-corrected chi connectivity index (χ2v) is 3.46. The van der Waals surface area contributed by atoms with Crippen molar-refractivity contribution in [2.75, 3.05) is 0 Å². The van der Waals surface area contributed by atoms with Gasteiger partial charge < -0.3 is 10.3 Å². The van der Waals surface area contributed by atoms with E-state index in [1.54, 1.807) is 12.4 Å². The summed E-state index contributed by atoms with van der Waals surface area (Å²) in [6, 6.07) is 4.03. The second kappa shape index (κ2) is 4.23. The van der Waals surface area contributed by atoms with Gasteiger partial charge in [-0.05, 0) is 24.6 Å². The topological polar surface area (TPSA) is 56.7 Å². The van der Waals surface area contributed by atoms with E-state index in [4.69, 9.17) is 5.73 Å². The zero-order chi connectivity index (χ0) is 10.7. The highest BCUT2D eigenvalue weighted by molar-refractivity contribution is 5.17. The summed E-state index contributed by atoms with van der Waals surface area (Å²) < 4.78 is 2.09. The lowest BCUT2D eigenvalue weighted by Crippen LogP contribution is -2.04. The first-order valence-corrected chi connectivity index (χ1v) is 4.91. The fourth-order valence-electron chi connectivity index (χ4n) is 1.51. The molecule has 0 amide bonds. The Morgan fingerprint density at radius 1 is 1.33 bits per heavy atom. The predicted molar refractivity (Wildman–Crippen MR) is 58.2 cm³/mol. The van der Waals surface area contributed by atoms with Crippen LogP contribution in [0.4, 0.5) is 0 Å². The van der Waals surface area contributed by atoms with Gasteiger partial charge in [-0.3, -0.25) is 4.98 Å². The number of nitrogens with zero attached hydrogens (tertiary/aromatic N) is 3. The summed E-state index contributed by atoms with van der Waals surface area (Å²) in [5, 5.41) is 0. The van der Waals surface area contributed by atoms with E-state index in [0.717, 1.165) is 18.1 Å². The minimum Gasteiger partial charge on any atom is -0.331 e. The minimum atomic E-state index is 0.483. The number of hydrogen-bond acceptors (Lipinski definition) is 3. The third kappa shape index (κ3) is 2.22. The summed E-state index contributed by atoms with van der Waals surface area (Å²) in [6.07, 6.45) is 5.57. The molecule has 0 bridgehead atoms. The Morgan fingerprint density at radius 2 is 2.20 bits per heavy atom. The minimum absolute atomic E-state index is 0.483. The summed E-state index contributed by atoms with van der Waals surface area (Å²) >= 11 is 0. The predicted octanol–water partition coefficient (Wildman–Crippen LogP) is 1.09. The monoisotopic (exact) mass is 202 g/mol. The quantitative estimate of drug-likeness (QED) is 0.810. The normalized spacial score (nSPS) is 10.5. The van der Waals surface area contributed by atoms with Crippen molar-refractivity contribution in [3.8, 4) is 0 Å². The lowest BCUT2D eigenvalue weighted by atomic mass is 10.2. The van der Waals surface area contributed by atoms with Gasteiger partial charge in [-0.2, -0.15) is 0 Å². The molecular weight excluding hydrogens is 188 g/mol. The third-order valence-electron chi connectivity index (χ3n) is 2.37. The van der Waals surface area contributed by atoms with Crippen molar-refractivity contribution in [3.05, 3.63) is 47.8 Å². The molecule has 2 N–H and O–H groups in total. The number of hydrogen-bond donors (Lipinski definition) is 1. The van der Waals surface area contributed by atoms with E-state index in [-0.39, 0.29) is 0 Å². The van der Waals surface area contributed by atoms with E-state index in [0.29, 0.717) is 6.54 Å². The van der Waals surface area contributed by atoms with Gasteiger partial charge in [0.1, 0.15) is 5.82 Å². The third-order valence-corrected chi connectivity index (χ3v) is 2.37.